The van der Waals surface area contributed by atoms with E-state index in [9.17, 15) is 9.59 Å². The van der Waals surface area contributed by atoms with Crippen LogP contribution in [0.2, 0.25) is 0 Å². The van der Waals surface area contributed by atoms with Gasteiger partial charge in [0.2, 0.25) is 0 Å². The molecule has 1 aliphatic heterocycles. The molecule has 1 aromatic carbocycles. The molecule has 1 atom stereocenters. The Hall–Kier alpha value is -1.00. The number of Topliss-reactive ketones (excluding diaryl/α,β-unsaturated/α-hetero) is 2. The second-order valence-electron chi connectivity index (χ2n) is 4.99. The third-order valence-electron chi connectivity index (χ3n) is 3.63. The van der Waals surface area contributed by atoms with Crippen LogP contribution in [0, 0.1) is 5.92 Å². The van der Waals surface area contributed by atoms with Crippen LogP contribution < -0.4 is 0 Å². The molecule has 0 amide bonds. The number of ketones is 2. The number of halogens is 1. The Balaban J connectivity index is 1.95. The zero-order valence-corrected chi connectivity index (χ0v) is 12.6. The average Bonchev–Trinajstić information content (AvgIpc) is 2.41. The standard InChI is InChI=1S/C15H18BrNO2/c1-2-11-9-17(8-7-14(11)18)10-15(19)12-3-5-13(16)6-4-12/h3-6,11H,2,7-10H2,1H3. The van der Waals surface area contributed by atoms with Gasteiger partial charge >= 0.3 is 0 Å². The molecule has 19 heavy (non-hydrogen) atoms. The topological polar surface area (TPSA) is 37.4 Å². The van der Waals surface area contributed by atoms with Crippen LogP contribution in [-0.2, 0) is 4.79 Å². The third-order valence-corrected chi connectivity index (χ3v) is 4.16. The van der Waals surface area contributed by atoms with Gasteiger partial charge < -0.3 is 0 Å². The number of benzene rings is 1. The van der Waals surface area contributed by atoms with E-state index in [4.69, 9.17) is 0 Å². The molecule has 1 aliphatic rings. The van der Waals surface area contributed by atoms with Gasteiger partial charge in [0.25, 0.3) is 0 Å². The fraction of sp³-hybridized carbons (Fsp3) is 0.467. The fourth-order valence-electron chi connectivity index (χ4n) is 2.41. The molecule has 0 spiro atoms. The predicted molar refractivity (Wildman–Crippen MR) is 78.3 cm³/mol. The van der Waals surface area contributed by atoms with Crippen LogP contribution in [0.1, 0.15) is 30.1 Å². The summed E-state index contributed by atoms with van der Waals surface area (Å²) in [6.07, 6.45) is 1.44. The molecule has 3 nitrogen and oxygen atoms in total. The van der Waals surface area contributed by atoms with Crippen molar-refractivity contribution < 1.29 is 9.59 Å². The highest BCUT2D eigenvalue weighted by atomic mass is 79.9. The number of nitrogens with zero attached hydrogens (tertiary/aromatic N) is 1. The van der Waals surface area contributed by atoms with Crippen molar-refractivity contribution in [1.82, 2.24) is 4.90 Å². The maximum Gasteiger partial charge on any atom is 0.176 e. The zero-order valence-electron chi connectivity index (χ0n) is 11.1. The number of hydrogen-bond donors (Lipinski definition) is 0. The van der Waals surface area contributed by atoms with Crippen LogP contribution in [0.4, 0.5) is 0 Å². The zero-order chi connectivity index (χ0) is 13.8. The Morgan fingerprint density at radius 2 is 2.05 bits per heavy atom. The van der Waals surface area contributed by atoms with E-state index in [1.54, 1.807) is 0 Å². The molecule has 0 saturated carbocycles. The Labute approximate surface area is 122 Å². The first-order valence-electron chi connectivity index (χ1n) is 6.64. The highest BCUT2D eigenvalue weighted by Crippen LogP contribution is 2.17. The number of piperidine rings is 1. The van der Waals surface area contributed by atoms with Gasteiger partial charge in [0.05, 0.1) is 6.54 Å². The number of carbonyl (C=O) groups excluding carboxylic acids is 2. The van der Waals surface area contributed by atoms with Crippen molar-refractivity contribution in [3.05, 3.63) is 34.3 Å². The van der Waals surface area contributed by atoms with Crippen molar-refractivity contribution in [2.24, 2.45) is 5.92 Å². The highest BCUT2D eigenvalue weighted by molar-refractivity contribution is 9.10. The second kappa shape index (κ2) is 6.44. The van der Waals surface area contributed by atoms with E-state index in [1.807, 2.05) is 31.2 Å². The molecule has 0 radical (unpaired) electrons. The SMILES string of the molecule is CCC1CN(CC(=O)c2ccc(Br)cc2)CCC1=O. The lowest BCUT2D eigenvalue weighted by molar-refractivity contribution is -0.126. The van der Waals surface area contributed by atoms with E-state index in [0.29, 0.717) is 25.3 Å². The molecule has 2 rings (SSSR count). The first-order valence-corrected chi connectivity index (χ1v) is 7.43. The summed E-state index contributed by atoms with van der Waals surface area (Å²) in [4.78, 5) is 25.9. The van der Waals surface area contributed by atoms with Crippen molar-refractivity contribution in [2.75, 3.05) is 19.6 Å². The summed E-state index contributed by atoms with van der Waals surface area (Å²) in [6.45, 7) is 3.86. The summed E-state index contributed by atoms with van der Waals surface area (Å²) in [7, 11) is 0. The maximum atomic E-state index is 12.2. The van der Waals surface area contributed by atoms with Crippen molar-refractivity contribution in [3.8, 4) is 0 Å². The predicted octanol–water partition coefficient (Wildman–Crippen LogP) is 2.93. The Morgan fingerprint density at radius 1 is 1.37 bits per heavy atom. The minimum absolute atomic E-state index is 0.103. The van der Waals surface area contributed by atoms with Crippen molar-refractivity contribution >= 4 is 27.5 Å². The van der Waals surface area contributed by atoms with Crippen LogP contribution in [0.25, 0.3) is 0 Å². The van der Waals surface area contributed by atoms with Crippen LogP contribution in [-0.4, -0.2) is 36.1 Å². The van der Waals surface area contributed by atoms with Crippen LogP contribution in [0.15, 0.2) is 28.7 Å². The van der Waals surface area contributed by atoms with E-state index >= 15 is 0 Å². The molecular weight excluding hydrogens is 306 g/mol. The lowest BCUT2D eigenvalue weighted by atomic mass is 9.94. The van der Waals surface area contributed by atoms with Gasteiger partial charge in [-0.3, -0.25) is 14.5 Å². The van der Waals surface area contributed by atoms with Gasteiger partial charge in [-0.2, -0.15) is 0 Å². The third kappa shape index (κ3) is 3.74. The molecular formula is C15H18BrNO2. The lowest BCUT2D eigenvalue weighted by Gasteiger charge is -2.30. The largest absolute Gasteiger partial charge is 0.299 e. The van der Waals surface area contributed by atoms with E-state index < -0.39 is 0 Å². The van der Waals surface area contributed by atoms with Gasteiger partial charge in [0.1, 0.15) is 5.78 Å². The molecule has 0 N–H and O–H groups in total. The minimum Gasteiger partial charge on any atom is -0.299 e. The van der Waals surface area contributed by atoms with Gasteiger partial charge in [-0.1, -0.05) is 35.0 Å². The van der Waals surface area contributed by atoms with Gasteiger partial charge in [0, 0.05) is 35.5 Å². The van der Waals surface area contributed by atoms with Crippen molar-refractivity contribution in [2.45, 2.75) is 19.8 Å². The van der Waals surface area contributed by atoms with Gasteiger partial charge in [-0.15, -0.1) is 0 Å². The molecule has 0 bridgehead atoms. The van der Waals surface area contributed by atoms with Crippen LogP contribution >= 0.6 is 15.9 Å². The summed E-state index contributed by atoms with van der Waals surface area (Å²) in [5.74, 6) is 0.568. The van der Waals surface area contributed by atoms with Crippen LogP contribution in [0.3, 0.4) is 0 Å². The first kappa shape index (κ1) is 14.4. The number of rotatable bonds is 4. The van der Waals surface area contributed by atoms with Gasteiger partial charge in [-0.05, 0) is 18.6 Å². The summed E-state index contributed by atoms with van der Waals surface area (Å²) < 4.78 is 0.971. The molecule has 1 saturated heterocycles. The number of likely N-dealkylation sites (tertiary alicyclic amines) is 1. The smallest absolute Gasteiger partial charge is 0.176 e. The molecule has 1 aromatic rings. The Bertz CT molecular complexity index is 470. The van der Waals surface area contributed by atoms with E-state index in [2.05, 4.69) is 20.8 Å². The van der Waals surface area contributed by atoms with Crippen molar-refractivity contribution in [1.29, 1.82) is 0 Å². The quantitative estimate of drug-likeness (QED) is 0.799. The first-order chi connectivity index (χ1) is 9.10. The normalized spacial score (nSPS) is 20.5. The lowest BCUT2D eigenvalue weighted by Crippen LogP contribution is -2.42. The van der Waals surface area contributed by atoms with Gasteiger partial charge in [0.15, 0.2) is 5.78 Å². The molecule has 1 fully saturated rings. The number of carbonyl (C=O) groups is 2. The maximum absolute atomic E-state index is 12.2. The molecule has 1 unspecified atom stereocenters. The molecule has 102 valence electrons. The fourth-order valence-corrected chi connectivity index (χ4v) is 2.67. The number of hydrogen-bond acceptors (Lipinski definition) is 3. The molecule has 1 heterocycles. The summed E-state index contributed by atoms with van der Waals surface area (Å²) in [5.41, 5.74) is 0.730. The minimum atomic E-state index is 0.103. The monoisotopic (exact) mass is 323 g/mol. The second-order valence-corrected chi connectivity index (χ2v) is 5.90. The summed E-state index contributed by atoms with van der Waals surface area (Å²) >= 11 is 3.36. The van der Waals surface area contributed by atoms with Crippen molar-refractivity contribution in [3.63, 3.8) is 0 Å². The summed E-state index contributed by atoms with van der Waals surface area (Å²) in [5, 5.41) is 0. The van der Waals surface area contributed by atoms with E-state index in [1.165, 1.54) is 0 Å². The summed E-state index contributed by atoms with van der Waals surface area (Å²) in [6, 6.07) is 7.42. The molecule has 0 aromatic heterocycles. The van der Waals surface area contributed by atoms with Gasteiger partial charge in [-0.25, -0.2) is 0 Å². The molecule has 0 aliphatic carbocycles. The highest BCUT2D eigenvalue weighted by Gasteiger charge is 2.26. The average molecular weight is 324 g/mol. The Kier molecular flexibility index (Phi) is 4.88. The van der Waals surface area contributed by atoms with E-state index in [-0.39, 0.29) is 11.7 Å². The van der Waals surface area contributed by atoms with E-state index in [0.717, 1.165) is 23.0 Å². The molecule has 4 heteroatoms. The van der Waals surface area contributed by atoms with Crippen LogP contribution in [0.5, 0.6) is 0 Å². The Morgan fingerprint density at radius 3 is 2.68 bits per heavy atom.